The Morgan fingerprint density at radius 1 is 1.39 bits per heavy atom. The number of hydrogen-bond donors (Lipinski definition) is 1. The van der Waals surface area contributed by atoms with Crippen LogP contribution in [0, 0.1) is 11.3 Å². The first-order valence-electron chi connectivity index (χ1n) is 4.84. The zero-order valence-corrected chi connectivity index (χ0v) is 9.84. The van der Waals surface area contributed by atoms with Crippen LogP contribution in [0.15, 0.2) is 24.3 Å². The second-order valence-corrected chi connectivity index (χ2v) is 3.65. The lowest BCUT2D eigenvalue weighted by Gasteiger charge is -2.31. The largest absolute Gasteiger partial charge is 0.443 e. The molecule has 0 aliphatic carbocycles. The van der Waals surface area contributed by atoms with E-state index in [4.69, 9.17) is 5.26 Å². The Hall–Kier alpha value is -1.87. The van der Waals surface area contributed by atoms with Gasteiger partial charge in [-0.05, 0) is 17.7 Å². The van der Waals surface area contributed by atoms with E-state index in [0.29, 0.717) is 5.56 Å². The van der Waals surface area contributed by atoms with Crippen molar-refractivity contribution >= 4 is 18.5 Å². The second-order valence-electron chi connectivity index (χ2n) is 3.65. The SMILES string of the molecule is Cl.N#Cc1ccc([C@@H]2NC(=O)OCC2(F)F)cc1. The molecule has 1 aliphatic heterocycles. The predicted molar refractivity (Wildman–Crippen MR) is 60.6 cm³/mol. The van der Waals surface area contributed by atoms with Crippen LogP contribution in [0.1, 0.15) is 17.2 Å². The average Bonchev–Trinajstić information content (AvgIpc) is 2.33. The molecule has 1 atom stereocenters. The molecule has 0 aromatic heterocycles. The van der Waals surface area contributed by atoms with Crippen LogP contribution in [-0.4, -0.2) is 18.6 Å². The number of carbonyl (C=O) groups is 1. The smallest absolute Gasteiger partial charge is 0.408 e. The number of rotatable bonds is 1. The molecule has 1 saturated heterocycles. The summed E-state index contributed by atoms with van der Waals surface area (Å²) < 4.78 is 31.2. The molecular weight excluding hydrogens is 266 g/mol. The standard InChI is InChI=1S/C11H8F2N2O2.ClH/c12-11(13)6-17-10(16)15-9(11)8-3-1-7(5-14)2-4-8;/h1-4,9H,6H2,(H,15,16);1H/t9-;/m0./s1. The Bertz CT molecular complexity index is 485. The highest BCUT2D eigenvalue weighted by Gasteiger charge is 2.46. The monoisotopic (exact) mass is 274 g/mol. The number of cyclic esters (lactones) is 1. The van der Waals surface area contributed by atoms with E-state index in [1.54, 1.807) is 0 Å². The Kier molecular flexibility index (Phi) is 4.09. The van der Waals surface area contributed by atoms with Gasteiger partial charge in [-0.25, -0.2) is 13.6 Å². The second kappa shape index (κ2) is 5.19. The number of nitriles is 1. The van der Waals surface area contributed by atoms with Gasteiger partial charge in [-0.15, -0.1) is 12.4 Å². The first-order valence-corrected chi connectivity index (χ1v) is 4.84. The Labute approximate surface area is 108 Å². The molecule has 1 fully saturated rings. The number of benzene rings is 1. The van der Waals surface area contributed by atoms with Crippen molar-refractivity contribution in [2.75, 3.05) is 6.61 Å². The molecule has 1 N–H and O–H groups in total. The number of ether oxygens (including phenoxy) is 1. The van der Waals surface area contributed by atoms with Crippen molar-refractivity contribution in [3.63, 3.8) is 0 Å². The fourth-order valence-corrected chi connectivity index (χ4v) is 1.59. The first-order chi connectivity index (χ1) is 8.03. The maximum Gasteiger partial charge on any atom is 0.408 e. The van der Waals surface area contributed by atoms with Crippen molar-refractivity contribution in [2.24, 2.45) is 0 Å². The van der Waals surface area contributed by atoms with Gasteiger partial charge in [0, 0.05) is 0 Å². The zero-order chi connectivity index (χ0) is 12.5. The summed E-state index contributed by atoms with van der Waals surface area (Å²) in [7, 11) is 0. The van der Waals surface area contributed by atoms with Gasteiger partial charge in [0.2, 0.25) is 0 Å². The molecule has 1 aromatic carbocycles. The van der Waals surface area contributed by atoms with Gasteiger partial charge in [0.15, 0.2) is 6.61 Å². The van der Waals surface area contributed by atoms with Crippen molar-refractivity contribution in [3.05, 3.63) is 35.4 Å². The van der Waals surface area contributed by atoms with Crippen LogP contribution in [0.2, 0.25) is 0 Å². The lowest BCUT2D eigenvalue weighted by Crippen LogP contribution is -2.49. The summed E-state index contributed by atoms with van der Waals surface area (Å²) in [5.74, 6) is -3.16. The molecule has 0 unspecified atom stereocenters. The number of hydrogen-bond acceptors (Lipinski definition) is 3. The summed E-state index contributed by atoms with van der Waals surface area (Å²) in [5.41, 5.74) is 0.612. The van der Waals surface area contributed by atoms with Crippen LogP contribution in [-0.2, 0) is 4.74 Å². The lowest BCUT2D eigenvalue weighted by atomic mass is 9.99. The van der Waals surface area contributed by atoms with E-state index in [-0.39, 0.29) is 18.0 Å². The number of nitrogens with one attached hydrogen (secondary N) is 1. The van der Waals surface area contributed by atoms with Crippen LogP contribution in [0.4, 0.5) is 13.6 Å². The van der Waals surface area contributed by atoms with E-state index in [9.17, 15) is 13.6 Å². The summed E-state index contributed by atoms with van der Waals surface area (Å²) in [4.78, 5) is 10.9. The Morgan fingerprint density at radius 3 is 2.56 bits per heavy atom. The summed E-state index contributed by atoms with van der Waals surface area (Å²) in [5, 5.41) is 10.7. The molecular formula is C11H9ClF2N2O2. The van der Waals surface area contributed by atoms with Crippen molar-refractivity contribution in [2.45, 2.75) is 12.0 Å². The van der Waals surface area contributed by atoms with Gasteiger partial charge in [-0.1, -0.05) is 12.1 Å². The third-order valence-electron chi connectivity index (χ3n) is 2.45. The number of amides is 1. The molecule has 0 bridgehead atoms. The third-order valence-corrected chi connectivity index (χ3v) is 2.45. The molecule has 18 heavy (non-hydrogen) atoms. The van der Waals surface area contributed by atoms with E-state index in [2.05, 4.69) is 10.1 Å². The minimum absolute atomic E-state index is 0. The van der Waals surface area contributed by atoms with Crippen LogP contribution >= 0.6 is 12.4 Å². The molecule has 2 rings (SSSR count). The quantitative estimate of drug-likeness (QED) is 0.855. The van der Waals surface area contributed by atoms with Crippen LogP contribution in [0.25, 0.3) is 0 Å². The van der Waals surface area contributed by atoms with Gasteiger partial charge < -0.3 is 10.1 Å². The van der Waals surface area contributed by atoms with Crippen molar-refractivity contribution in [3.8, 4) is 6.07 Å². The van der Waals surface area contributed by atoms with Crippen LogP contribution in [0.5, 0.6) is 0 Å². The number of carbonyl (C=O) groups excluding carboxylic acids is 1. The van der Waals surface area contributed by atoms with Gasteiger partial charge in [0.1, 0.15) is 6.04 Å². The highest BCUT2D eigenvalue weighted by molar-refractivity contribution is 5.85. The number of halogens is 3. The first kappa shape index (κ1) is 14.2. The fourth-order valence-electron chi connectivity index (χ4n) is 1.59. The van der Waals surface area contributed by atoms with Crippen molar-refractivity contribution in [1.82, 2.24) is 5.32 Å². The van der Waals surface area contributed by atoms with Gasteiger partial charge in [0.25, 0.3) is 0 Å². The van der Waals surface area contributed by atoms with Crippen LogP contribution < -0.4 is 5.32 Å². The molecule has 1 amide bonds. The van der Waals surface area contributed by atoms with Gasteiger partial charge in [0.05, 0.1) is 11.6 Å². The summed E-state index contributed by atoms with van der Waals surface area (Å²) >= 11 is 0. The molecule has 1 heterocycles. The van der Waals surface area contributed by atoms with Gasteiger partial charge in [-0.2, -0.15) is 5.26 Å². The number of nitrogens with zero attached hydrogens (tertiary/aromatic N) is 1. The topological polar surface area (TPSA) is 62.1 Å². The number of alkyl carbamates (subject to hydrolysis) is 1. The van der Waals surface area contributed by atoms with E-state index in [1.807, 2.05) is 6.07 Å². The lowest BCUT2D eigenvalue weighted by molar-refractivity contribution is -0.104. The maximum atomic E-state index is 13.5. The minimum atomic E-state index is -3.16. The Balaban J connectivity index is 0.00000162. The summed E-state index contributed by atoms with van der Waals surface area (Å²) in [6.45, 7) is -0.941. The molecule has 0 saturated carbocycles. The molecule has 4 nitrogen and oxygen atoms in total. The molecule has 7 heteroatoms. The van der Waals surface area contributed by atoms with Crippen LogP contribution in [0.3, 0.4) is 0 Å². The van der Waals surface area contributed by atoms with E-state index in [1.165, 1.54) is 24.3 Å². The van der Waals surface area contributed by atoms with E-state index >= 15 is 0 Å². The highest BCUT2D eigenvalue weighted by Crippen LogP contribution is 2.34. The Morgan fingerprint density at radius 2 is 2.00 bits per heavy atom. The molecule has 96 valence electrons. The third kappa shape index (κ3) is 2.68. The highest BCUT2D eigenvalue weighted by atomic mass is 35.5. The predicted octanol–water partition coefficient (Wildman–Crippen LogP) is 2.40. The van der Waals surface area contributed by atoms with Crippen molar-refractivity contribution in [1.29, 1.82) is 5.26 Å². The zero-order valence-electron chi connectivity index (χ0n) is 9.02. The summed E-state index contributed by atoms with van der Waals surface area (Å²) in [6, 6.07) is 6.10. The summed E-state index contributed by atoms with van der Waals surface area (Å²) in [6.07, 6.45) is -0.870. The normalized spacial score (nSPS) is 20.9. The number of alkyl halides is 2. The molecule has 0 spiro atoms. The molecule has 1 aromatic rings. The molecule has 0 radical (unpaired) electrons. The fraction of sp³-hybridized carbons (Fsp3) is 0.273. The average molecular weight is 275 g/mol. The van der Waals surface area contributed by atoms with Crippen molar-refractivity contribution < 1.29 is 18.3 Å². The van der Waals surface area contributed by atoms with Gasteiger partial charge >= 0.3 is 12.0 Å². The van der Waals surface area contributed by atoms with Gasteiger partial charge in [-0.3, -0.25) is 0 Å². The minimum Gasteiger partial charge on any atom is -0.443 e. The maximum absolute atomic E-state index is 13.5. The molecule has 1 aliphatic rings. The van der Waals surface area contributed by atoms with E-state index in [0.717, 1.165) is 0 Å². The van der Waals surface area contributed by atoms with E-state index < -0.39 is 24.7 Å².